The lowest BCUT2D eigenvalue weighted by Crippen LogP contribution is -2.16. The predicted octanol–water partition coefficient (Wildman–Crippen LogP) is 2.35. The highest BCUT2D eigenvalue weighted by molar-refractivity contribution is 5.29. The maximum atomic E-state index is 4.46. The van der Waals surface area contributed by atoms with E-state index in [1.807, 2.05) is 13.1 Å². The molecule has 1 heterocycles. The van der Waals surface area contributed by atoms with E-state index >= 15 is 0 Å². The van der Waals surface area contributed by atoms with Crippen LogP contribution in [0.15, 0.2) is 6.20 Å². The lowest BCUT2D eigenvalue weighted by Gasteiger charge is -2.10. The average molecular weight is 236 g/mol. The Hall–Kier alpha value is -1.16. The van der Waals surface area contributed by atoms with Gasteiger partial charge in [-0.25, -0.2) is 9.97 Å². The number of hydrogen-bond acceptors (Lipinski definition) is 4. The van der Waals surface area contributed by atoms with E-state index in [-0.39, 0.29) is 0 Å². The first kappa shape index (κ1) is 13.9. The van der Waals surface area contributed by atoms with Gasteiger partial charge in [-0.1, -0.05) is 20.8 Å². The van der Waals surface area contributed by atoms with Crippen LogP contribution in [0.25, 0.3) is 0 Å². The molecule has 0 saturated carbocycles. The summed E-state index contributed by atoms with van der Waals surface area (Å²) in [6.07, 6.45) is 3.06. The maximum Gasteiger partial charge on any atom is 0.222 e. The highest BCUT2D eigenvalue weighted by atomic mass is 15.1. The van der Waals surface area contributed by atoms with Gasteiger partial charge in [-0.2, -0.15) is 0 Å². The standard InChI is InChI=1S/C13H24N4/c1-5-6-14-8-12-9-16-13(17-11(12)4)15-7-10(2)3/h9-10,14H,5-8H2,1-4H3,(H,15,16,17). The van der Waals surface area contributed by atoms with E-state index in [0.717, 1.165) is 37.7 Å². The molecule has 0 aromatic carbocycles. The van der Waals surface area contributed by atoms with Crippen LogP contribution in [0, 0.1) is 12.8 Å². The molecule has 1 rings (SSSR count). The molecule has 0 unspecified atom stereocenters. The molecular formula is C13H24N4. The van der Waals surface area contributed by atoms with Gasteiger partial charge >= 0.3 is 0 Å². The van der Waals surface area contributed by atoms with E-state index in [4.69, 9.17) is 0 Å². The lowest BCUT2D eigenvalue weighted by molar-refractivity contribution is 0.666. The van der Waals surface area contributed by atoms with Gasteiger partial charge in [0.15, 0.2) is 0 Å². The minimum absolute atomic E-state index is 0.602. The summed E-state index contributed by atoms with van der Waals surface area (Å²) >= 11 is 0. The molecule has 0 saturated heterocycles. The quantitative estimate of drug-likeness (QED) is 0.714. The van der Waals surface area contributed by atoms with Crippen LogP contribution in [-0.2, 0) is 6.54 Å². The molecule has 0 aliphatic heterocycles. The summed E-state index contributed by atoms with van der Waals surface area (Å²) in [5.41, 5.74) is 2.23. The third-order valence-electron chi connectivity index (χ3n) is 2.49. The Bertz CT molecular complexity index is 336. The first-order chi connectivity index (χ1) is 8.13. The van der Waals surface area contributed by atoms with Crippen molar-refractivity contribution in [3.05, 3.63) is 17.5 Å². The Kier molecular flexibility index (Phi) is 5.91. The molecule has 0 amide bonds. The summed E-state index contributed by atoms with van der Waals surface area (Å²) in [5, 5.41) is 6.60. The number of nitrogens with one attached hydrogen (secondary N) is 2. The third kappa shape index (κ3) is 5.13. The number of rotatable bonds is 7. The average Bonchev–Trinajstić information content (AvgIpc) is 2.29. The number of nitrogens with zero attached hydrogens (tertiary/aromatic N) is 2. The van der Waals surface area contributed by atoms with Crippen LogP contribution in [0.2, 0.25) is 0 Å². The Balaban J connectivity index is 2.53. The Morgan fingerprint density at radius 1 is 1.35 bits per heavy atom. The van der Waals surface area contributed by atoms with Crippen molar-refractivity contribution in [3.63, 3.8) is 0 Å². The van der Waals surface area contributed by atoms with Crippen LogP contribution < -0.4 is 10.6 Å². The van der Waals surface area contributed by atoms with Crippen LogP contribution in [0.4, 0.5) is 5.95 Å². The number of hydrogen-bond donors (Lipinski definition) is 2. The smallest absolute Gasteiger partial charge is 0.222 e. The largest absolute Gasteiger partial charge is 0.354 e. The van der Waals surface area contributed by atoms with Gasteiger partial charge in [0.05, 0.1) is 0 Å². The molecule has 0 spiro atoms. The van der Waals surface area contributed by atoms with E-state index in [1.54, 1.807) is 0 Å². The van der Waals surface area contributed by atoms with Crippen LogP contribution >= 0.6 is 0 Å². The zero-order valence-corrected chi connectivity index (χ0v) is 11.4. The summed E-state index contributed by atoms with van der Waals surface area (Å²) in [6, 6.07) is 0. The minimum Gasteiger partial charge on any atom is -0.354 e. The molecule has 0 fully saturated rings. The van der Waals surface area contributed by atoms with Gasteiger partial charge in [0.25, 0.3) is 0 Å². The summed E-state index contributed by atoms with van der Waals surface area (Å²) in [7, 11) is 0. The molecule has 2 N–H and O–H groups in total. The van der Waals surface area contributed by atoms with Crippen LogP contribution in [0.1, 0.15) is 38.4 Å². The summed E-state index contributed by atoms with van der Waals surface area (Å²) < 4.78 is 0. The summed E-state index contributed by atoms with van der Waals surface area (Å²) in [4.78, 5) is 8.79. The van der Waals surface area contributed by atoms with Crippen molar-refractivity contribution < 1.29 is 0 Å². The molecular weight excluding hydrogens is 212 g/mol. The third-order valence-corrected chi connectivity index (χ3v) is 2.49. The van der Waals surface area contributed by atoms with E-state index in [0.29, 0.717) is 5.92 Å². The molecule has 0 bridgehead atoms. The SMILES string of the molecule is CCCNCc1cnc(NCC(C)C)nc1C. The van der Waals surface area contributed by atoms with Crippen molar-refractivity contribution in [1.29, 1.82) is 0 Å². The van der Waals surface area contributed by atoms with Crippen molar-refractivity contribution >= 4 is 5.95 Å². The zero-order chi connectivity index (χ0) is 12.7. The van der Waals surface area contributed by atoms with E-state index < -0.39 is 0 Å². The molecule has 0 radical (unpaired) electrons. The minimum atomic E-state index is 0.602. The van der Waals surface area contributed by atoms with Gasteiger partial charge < -0.3 is 10.6 Å². The molecule has 17 heavy (non-hydrogen) atoms. The summed E-state index contributed by atoms with van der Waals surface area (Å²) in [6.45, 7) is 11.3. The zero-order valence-electron chi connectivity index (χ0n) is 11.4. The van der Waals surface area contributed by atoms with Gasteiger partial charge in [-0.15, -0.1) is 0 Å². The van der Waals surface area contributed by atoms with Gasteiger partial charge in [-0.3, -0.25) is 0 Å². The van der Waals surface area contributed by atoms with Crippen molar-refractivity contribution in [3.8, 4) is 0 Å². The van der Waals surface area contributed by atoms with Gasteiger partial charge in [0.2, 0.25) is 5.95 Å². The molecule has 1 aromatic heterocycles. The number of aryl methyl sites for hydroxylation is 1. The second-order valence-corrected chi connectivity index (χ2v) is 4.76. The van der Waals surface area contributed by atoms with Crippen LogP contribution in [-0.4, -0.2) is 23.1 Å². The van der Waals surface area contributed by atoms with Crippen LogP contribution in [0.3, 0.4) is 0 Å². The highest BCUT2D eigenvalue weighted by Gasteiger charge is 2.03. The molecule has 0 atom stereocenters. The normalized spacial score (nSPS) is 10.9. The van der Waals surface area contributed by atoms with Gasteiger partial charge in [0.1, 0.15) is 0 Å². The first-order valence-corrected chi connectivity index (χ1v) is 6.40. The Labute approximate surface area is 104 Å². The molecule has 96 valence electrons. The fraction of sp³-hybridized carbons (Fsp3) is 0.692. The Morgan fingerprint density at radius 2 is 2.12 bits per heavy atom. The second kappa shape index (κ2) is 7.22. The molecule has 1 aromatic rings. The van der Waals surface area contributed by atoms with Crippen LogP contribution in [0.5, 0.6) is 0 Å². The topological polar surface area (TPSA) is 49.8 Å². The number of anilines is 1. The molecule has 0 aliphatic rings. The van der Waals surface area contributed by atoms with Crippen molar-refractivity contribution in [1.82, 2.24) is 15.3 Å². The molecule has 4 nitrogen and oxygen atoms in total. The van der Waals surface area contributed by atoms with E-state index in [2.05, 4.69) is 41.4 Å². The number of aromatic nitrogens is 2. The maximum absolute atomic E-state index is 4.46. The highest BCUT2D eigenvalue weighted by Crippen LogP contribution is 2.07. The van der Waals surface area contributed by atoms with Gasteiger partial charge in [-0.05, 0) is 25.8 Å². The lowest BCUT2D eigenvalue weighted by atomic mass is 10.2. The van der Waals surface area contributed by atoms with Gasteiger partial charge in [0, 0.05) is 30.5 Å². The van der Waals surface area contributed by atoms with Crippen molar-refractivity contribution in [2.45, 2.75) is 40.7 Å². The first-order valence-electron chi connectivity index (χ1n) is 6.40. The second-order valence-electron chi connectivity index (χ2n) is 4.76. The predicted molar refractivity (Wildman–Crippen MR) is 72.1 cm³/mol. The van der Waals surface area contributed by atoms with E-state index in [9.17, 15) is 0 Å². The Morgan fingerprint density at radius 3 is 2.71 bits per heavy atom. The van der Waals surface area contributed by atoms with E-state index in [1.165, 1.54) is 5.56 Å². The fourth-order valence-electron chi connectivity index (χ4n) is 1.45. The molecule has 4 heteroatoms. The van der Waals surface area contributed by atoms with Crippen molar-refractivity contribution in [2.75, 3.05) is 18.4 Å². The fourth-order valence-corrected chi connectivity index (χ4v) is 1.45. The monoisotopic (exact) mass is 236 g/mol. The molecule has 0 aliphatic carbocycles. The summed E-state index contributed by atoms with van der Waals surface area (Å²) in [5.74, 6) is 1.33. The van der Waals surface area contributed by atoms with Crippen molar-refractivity contribution in [2.24, 2.45) is 5.92 Å².